The normalized spacial score (nSPS) is 14.4. The largest absolute Gasteiger partial charge is 0.357 e. The zero-order valence-electron chi connectivity index (χ0n) is 16.2. The molecule has 0 unspecified atom stereocenters. The number of benzene rings is 1. The van der Waals surface area contributed by atoms with Gasteiger partial charge in [-0.25, -0.2) is 4.39 Å². The summed E-state index contributed by atoms with van der Waals surface area (Å²) in [6.07, 6.45) is 8.65. The number of rotatable bonds is 9. The van der Waals surface area contributed by atoms with Gasteiger partial charge in [-0.3, -0.25) is 9.79 Å². The summed E-state index contributed by atoms with van der Waals surface area (Å²) in [6.45, 7) is 4.72. The van der Waals surface area contributed by atoms with Crippen LogP contribution >= 0.6 is 0 Å². The van der Waals surface area contributed by atoms with E-state index in [2.05, 4.69) is 27.0 Å². The molecule has 0 aromatic heterocycles. The van der Waals surface area contributed by atoms with E-state index in [-0.39, 0.29) is 18.1 Å². The maximum Gasteiger partial charge on any atom is 0.224 e. The quantitative estimate of drug-likeness (QED) is 0.269. The molecule has 0 heterocycles. The lowest BCUT2D eigenvalue weighted by Gasteiger charge is -2.13. The molecule has 0 bridgehead atoms. The number of aliphatic imine (C=N–C) groups is 1. The van der Waals surface area contributed by atoms with E-state index in [0.717, 1.165) is 31.0 Å². The average molecular weight is 375 g/mol. The fourth-order valence-electron chi connectivity index (χ4n) is 3.02. The number of carbonyl (C=O) groups excluding carboxylic acids is 1. The lowest BCUT2D eigenvalue weighted by Crippen LogP contribution is -2.41. The van der Waals surface area contributed by atoms with Crippen LogP contribution in [0.15, 0.2) is 40.9 Å². The second kappa shape index (κ2) is 12.1. The van der Waals surface area contributed by atoms with Gasteiger partial charge >= 0.3 is 0 Å². The lowest BCUT2D eigenvalue weighted by molar-refractivity contribution is -0.120. The molecular formula is C21H31FN4O. The van der Waals surface area contributed by atoms with Crippen LogP contribution in [0.25, 0.3) is 0 Å². The zero-order chi connectivity index (χ0) is 19.3. The number of nitrogens with one attached hydrogen (secondary N) is 3. The van der Waals surface area contributed by atoms with Crippen LogP contribution in [0.5, 0.6) is 0 Å². The van der Waals surface area contributed by atoms with Gasteiger partial charge in [0.2, 0.25) is 5.91 Å². The fourth-order valence-corrected chi connectivity index (χ4v) is 3.02. The second-order valence-electron chi connectivity index (χ2n) is 6.70. The zero-order valence-corrected chi connectivity index (χ0v) is 16.2. The average Bonchev–Trinajstić information content (AvgIpc) is 2.68. The SMILES string of the molecule is CCNC(=NCCC1=CCCCC1)NCCNC(=O)Cc1ccc(F)cc1. The van der Waals surface area contributed by atoms with Gasteiger partial charge in [-0.2, -0.15) is 0 Å². The van der Waals surface area contributed by atoms with Gasteiger partial charge in [0.05, 0.1) is 6.42 Å². The van der Waals surface area contributed by atoms with Gasteiger partial charge in [-0.1, -0.05) is 23.8 Å². The Morgan fingerprint density at radius 1 is 1.11 bits per heavy atom. The van der Waals surface area contributed by atoms with Crippen molar-refractivity contribution in [3.05, 3.63) is 47.3 Å². The number of carbonyl (C=O) groups is 1. The van der Waals surface area contributed by atoms with Crippen LogP contribution in [0.3, 0.4) is 0 Å². The van der Waals surface area contributed by atoms with Crippen LogP contribution in [-0.4, -0.2) is 38.0 Å². The van der Waals surface area contributed by atoms with E-state index in [1.165, 1.54) is 43.4 Å². The molecule has 27 heavy (non-hydrogen) atoms. The molecule has 0 atom stereocenters. The van der Waals surface area contributed by atoms with E-state index in [9.17, 15) is 9.18 Å². The van der Waals surface area contributed by atoms with Gasteiger partial charge < -0.3 is 16.0 Å². The van der Waals surface area contributed by atoms with Crippen molar-refractivity contribution in [3.63, 3.8) is 0 Å². The molecule has 0 aliphatic heterocycles. The number of halogens is 1. The highest BCUT2D eigenvalue weighted by Gasteiger charge is 2.05. The van der Waals surface area contributed by atoms with E-state index in [4.69, 9.17) is 0 Å². The first-order chi connectivity index (χ1) is 13.2. The molecule has 1 aliphatic carbocycles. The highest BCUT2D eigenvalue weighted by atomic mass is 19.1. The first-order valence-electron chi connectivity index (χ1n) is 9.88. The van der Waals surface area contributed by atoms with Gasteiger partial charge in [0.25, 0.3) is 0 Å². The number of guanidine groups is 1. The van der Waals surface area contributed by atoms with Crippen LogP contribution < -0.4 is 16.0 Å². The molecule has 0 saturated heterocycles. The summed E-state index contributed by atoms with van der Waals surface area (Å²) >= 11 is 0. The Balaban J connectivity index is 1.65. The van der Waals surface area contributed by atoms with E-state index < -0.39 is 0 Å². The Labute approximate surface area is 161 Å². The summed E-state index contributed by atoms with van der Waals surface area (Å²) in [5.74, 6) is 0.412. The molecule has 2 rings (SSSR count). The summed E-state index contributed by atoms with van der Waals surface area (Å²) in [6, 6.07) is 6.00. The van der Waals surface area contributed by atoms with E-state index in [0.29, 0.717) is 13.1 Å². The minimum absolute atomic E-state index is 0.0745. The molecule has 0 spiro atoms. The molecule has 6 heteroatoms. The van der Waals surface area contributed by atoms with Crippen LogP contribution in [-0.2, 0) is 11.2 Å². The monoisotopic (exact) mass is 374 g/mol. The third-order valence-electron chi connectivity index (χ3n) is 4.45. The fraction of sp³-hybridized carbons (Fsp3) is 0.524. The number of hydrogen-bond acceptors (Lipinski definition) is 2. The number of allylic oxidation sites excluding steroid dienone is 1. The molecule has 3 N–H and O–H groups in total. The third-order valence-corrected chi connectivity index (χ3v) is 4.45. The smallest absolute Gasteiger partial charge is 0.224 e. The Bertz CT molecular complexity index is 640. The lowest BCUT2D eigenvalue weighted by atomic mass is 9.97. The molecule has 0 radical (unpaired) electrons. The van der Waals surface area contributed by atoms with E-state index in [1.54, 1.807) is 12.1 Å². The minimum Gasteiger partial charge on any atom is -0.357 e. The van der Waals surface area contributed by atoms with Crippen molar-refractivity contribution in [1.29, 1.82) is 0 Å². The molecule has 0 saturated carbocycles. The first kappa shape index (κ1) is 20.9. The highest BCUT2D eigenvalue weighted by Crippen LogP contribution is 2.19. The number of hydrogen-bond donors (Lipinski definition) is 3. The third kappa shape index (κ3) is 8.71. The molecule has 5 nitrogen and oxygen atoms in total. The van der Waals surface area contributed by atoms with Gasteiger partial charge in [-0.15, -0.1) is 0 Å². The standard InChI is InChI=1S/C21H31FN4O/c1-2-23-21(25-13-12-17-6-4-3-5-7-17)26-15-14-24-20(27)16-18-8-10-19(22)11-9-18/h6,8-11H,2-5,7,12-16H2,1H3,(H,24,27)(H2,23,25,26). The Morgan fingerprint density at radius 2 is 1.89 bits per heavy atom. The minimum atomic E-state index is -0.293. The van der Waals surface area contributed by atoms with Crippen molar-refractivity contribution >= 4 is 11.9 Å². The Morgan fingerprint density at radius 3 is 2.59 bits per heavy atom. The Kier molecular flexibility index (Phi) is 9.38. The van der Waals surface area contributed by atoms with E-state index in [1.807, 2.05) is 6.92 Å². The maximum atomic E-state index is 12.9. The topological polar surface area (TPSA) is 65.5 Å². The molecular weight excluding hydrogens is 343 g/mol. The van der Waals surface area contributed by atoms with Crippen LogP contribution in [0.2, 0.25) is 0 Å². The predicted octanol–water partition coefficient (Wildman–Crippen LogP) is 2.93. The van der Waals surface area contributed by atoms with Crippen molar-refractivity contribution in [1.82, 2.24) is 16.0 Å². The molecule has 148 valence electrons. The predicted molar refractivity (Wildman–Crippen MR) is 108 cm³/mol. The van der Waals surface area contributed by atoms with Crippen LogP contribution in [0, 0.1) is 5.82 Å². The molecule has 1 aromatic rings. The van der Waals surface area contributed by atoms with Gasteiger partial charge in [0, 0.05) is 26.2 Å². The number of amides is 1. The van der Waals surface area contributed by atoms with Crippen molar-refractivity contribution in [3.8, 4) is 0 Å². The summed E-state index contributed by atoms with van der Waals surface area (Å²) in [5, 5.41) is 9.33. The van der Waals surface area contributed by atoms with Gasteiger partial charge in [0.1, 0.15) is 5.82 Å². The number of nitrogens with zero attached hydrogens (tertiary/aromatic N) is 1. The van der Waals surface area contributed by atoms with Crippen LogP contribution in [0.1, 0.15) is 44.6 Å². The van der Waals surface area contributed by atoms with Crippen LogP contribution in [0.4, 0.5) is 4.39 Å². The van der Waals surface area contributed by atoms with E-state index >= 15 is 0 Å². The van der Waals surface area contributed by atoms with Crippen molar-refractivity contribution in [2.75, 3.05) is 26.2 Å². The van der Waals surface area contributed by atoms with Gasteiger partial charge in [0.15, 0.2) is 5.96 Å². The summed E-state index contributed by atoms with van der Waals surface area (Å²) < 4.78 is 12.9. The summed E-state index contributed by atoms with van der Waals surface area (Å²) in [7, 11) is 0. The molecule has 1 amide bonds. The van der Waals surface area contributed by atoms with Crippen molar-refractivity contribution in [2.24, 2.45) is 4.99 Å². The second-order valence-corrected chi connectivity index (χ2v) is 6.70. The molecule has 1 aromatic carbocycles. The first-order valence-corrected chi connectivity index (χ1v) is 9.88. The van der Waals surface area contributed by atoms with Crippen molar-refractivity contribution < 1.29 is 9.18 Å². The molecule has 0 fully saturated rings. The molecule has 1 aliphatic rings. The maximum absolute atomic E-state index is 12.9. The Hall–Kier alpha value is -2.37. The summed E-state index contributed by atoms with van der Waals surface area (Å²) in [5.41, 5.74) is 2.32. The van der Waals surface area contributed by atoms with Crippen molar-refractivity contribution in [2.45, 2.75) is 45.4 Å². The highest BCUT2D eigenvalue weighted by molar-refractivity contribution is 5.80. The summed E-state index contributed by atoms with van der Waals surface area (Å²) in [4.78, 5) is 16.5. The van der Waals surface area contributed by atoms with Gasteiger partial charge in [-0.05, 0) is 56.7 Å².